The minimum atomic E-state index is -3.53. The molecule has 0 spiro atoms. The maximum absolute atomic E-state index is 12.9. The zero-order chi connectivity index (χ0) is 15.0. The Morgan fingerprint density at radius 2 is 2.10 bits per heavy atom. The van der Waals surface area contributed by atoms with Crippen molar-refractivity contribution < 1.29 is 8.42 Å². The molecule has 1 aromatic heterocycles. The molecule has 1 saturated heterocycles. The van der Waals surface area contributed by atoms with E-state index in [-0.39, 0.29) is 12.0 Å². The Labute approximate surface area is 124 Å². The van der Waals surface area contributed by atoms with Crippen LogP contribution in [-0.2, 0) is 10.0 Å². The smallest absolute Gasteiger partial charge is 0.243 e. The van der Waals surface area contributed by atoms with Gasteiger partial charge < -0.3 is 5.73 Å². The van der Waals surface area contributed by atoms with Crippen molar-refractivity contribution in [3.8, 4) is 0 Å². The number of fused-ring (bicyclic) bond motifs is 1. The lowest BCUT2D eigenvalue weighted by Gasteiger charge is -2.34. The topological polar surface area (TPSA) is 76.3 Å². The normalized spacial score (nSPS) is 24.3. The maximum atomic E-state index is 12.9. The molecule has 0 radical (unpaired) electrons. The summed E-state index contributed by atoms with van der Waals surface area (Å²) in [4.78, 5) is 4.38. The number of hydrogen-bond acceptors (Lipinski definition) is 4. The predicted molar refractivity (Wildman–Crippen MR) is 82.3 cm³/mol. The number of nitrogens with zero attached hydrogens (tertiary/aromatic N) is 2. The van der Waals surface area contributed by atoms with Gasteiger partial charge in [0.05, 0.1) is 4.90 Å². The van der Waals surface area contributed by atoms with Gasteiger partial charge in [0.1, 0.15) is 0 Å². The van der Waals surface area contributed by atoms with Gasteiger partial charge in [-0.15, -0.1) is 0 Å². The second-order valence-corrected chi connectivity index (χ2v) is 7.68. The van der Waals surface area contributed by atoms with Gasteiger partial charge in [-0.3, -0.25) is 4.98 Å². The van der Waals surface area contributed by atoms with Crippen LogP contribution in [0.2, 0.25) is 0 Å². The molecular formula is C15H19N3O2S. The number of aromatic nitrogens is 1. The minimum absolute atomic E-state index is 0.0971. The molecule has 1 fully saturated rings. The van der Waals surface area contributed by atoms with E-state index in [4.69, 9.17) is 5.73 Å². The van der Waals surface area contributed by atoms with Crippen LogP contribution in [-0.4, -0.2) is 36.8 Å². The minimum Gasteiger partial charge on any atom is -0.326 e. The Bertz CT molecular complexity index is 745. The molecule has 0 saturated carbocycles. The van der Waals surface area contributed by atoms with E-state index in [2.05, 4.69) is 4.98 Å². The van der Waals surface area contributed by atoms with Crippen molar-refractivity contribution in [2.45, 2.75) is 24.3 Å². The van der Waals surface area contributed by atoms with E-state index in [1.54, 1.807) is 30.6 Å². The summed E-state index contributed by atoms with van der Waals surface area (Å²) in [6, 6.07) is 6.92. The monoisotopic (exact) mass is 305 g/mol. The third-order valence-electron chi connectivity index (χ3n) is 3.92. The number of rotatable bonds is 2. The van der Waals surface area contributed by atoms with E-state index in [0.717, 1.165) is 11.8 Å². The van der Waals surface area contributed by atoms with Crippen molar-refractivity contribution in [2.24, 2.45) is 11.7 Å². The number of benzene rings is 1. The van der Waals surface area contributed by atoms with Gasteiger partial charge in [-0.25, -0.2) is 8.42 Å². The molecule has 1 aliphatic rings. The number of piperidine rings is 1. The molecule has 5 nitrogen and oxygen atoms in total. The van der Waals surface area contributed by atoms with Gasteiger partial charge in [0.2, 0.25) is 10.0 Å². The van der Waals surface area contributed by atoms with E-state index in [9.17, 15) is 8.42 Å². The molecule has 3 rings (SSSR count). The highest BCUT2D eigenvalue weighted by atomic mass is 32.2. The number of sulfonamides is 1. The van der Waals surface area contributed by atoms with Gasteiger partial charge in [-0.1, -0.05) is 19.1 Å². The predicted octanol–water partition coefficient (Wildman–Crippen LogP) is 1.59. The first-order chi connectivity index (χ1) is 9.98. The molecular weight excluding hydrogens is 286 g/mol. The van der Waals surface area contributed by atoms with E-state index >= 15 is 0 Å². The van der Waals surface area contributed by atoms with Crippen molar-refractivity contribution in [1.82, 2.24) is 9.29 Å². The lowest BCUT2D eigenvalue weighted by atomic mass is 9.99. The molecule has 2 aromatic rings. The lowest BCUT2D eigenvalue weighted by Crippen LogP contribution is -2.48. The van der Waals surface area contributed by atoms with E-state index in [1.807, 2.05) is 13.0 Å². The molecule has 2 N–H and O–H groups in total. The first-order valence-electron chi connectivity index (χ1n) is 7.07. The van der Waals surface area contributed by atoms with Crippen LogP contribution in [0.5, 0.6) is 0 Å². The Morgan fingerprint density at radius 3 is 2.86 bits per heavy atom. The third-order valence-corrected chi connectivity index (χ3v) is 5.81. The molecule has 1 aliphatic heterocycles. The Balaban J connectivity index is 2.08. The first kappa shape index (κ1) is 14.4. The summed E-state index contributed by atoms with van der Waals surface area (Å²) < 4.78 is 27.4. The molecule has 2 heterocycles. The van der Waals surface area contributed by atoms with Crippen LogP contribution in [0.15, 0.2) is 41.6 Å². The fraction of sp³-hybridized carbons (Fsp3) is 0.400. The van der Waals surface area contributed by atoms with Gasteiger partial charge in [-0.05, 0) is 24.5 Å². The van der Waals surface area contributed by atoms with E-state index in [1.165, 1.54) is 4.31 Å². The molecule has 112 valence electrons. The largest absolute Gasteiger partial charge is 0.326 e. The number of nitrogens with two attached hydrogens (primary N) is 1. The van der Waals surface area contributed by atoms with E-state index in [0.29, 0.717) is 23.4 Å². The Hall–Kier alpha value is -1.50. The summed E-state index contributed by atoms with van der Waals surface area (Å²) in [7, 11) is -3.53. The molecule has 6 heteroatoms. The Kier molecular flexibility index (Phi) is 3.69. The molecule has 2 unspecified atom stereocenters. The summed E-state index contributed by atoms with van der Waals surface area (Å²) in [5, 5.41) is 1.53. The zero-order valence-corrected chi connectivity index (χ0v) is 12.8. The fourth-order valence-electron chi connectivity index (χ4n) is 3.00. The van der Waals surface area contributed by atoms with Crippen LogP contribution >= 0.6 is 0 Å². The van der Waals surface area contributed by atoms with E-state index < -0.39 is 10.0 Å². The van der Waals surface area contributed by atoms with Crippen LogP contribution in [0.4, 0.5) is 0 Å². The van der Waals surface area contributed by atoms with Gasteiger partial charge >= 0.3 is 0 Å². The summed E-state index contributed by atoms with van der Waals surface area (Å²) in [6.45, 7) is 2.94. The van der Waals surface area contributed by atoms with Gasteiger partial charge in [0.15, 0.2) is 0 Å². The number of pyridine rings is 1. The average Bonchev–Trinajstić information content (AvgIpc) is 2.45. The maximum Gasteiger partial charge on any atom is 0.243 e. The highest BCUT2D eigenvalue weighted by Gasteiger charge is 2.32. The standard InChI is InChI=1S/C15H19N3O2S/c1-11-7-13(16)10-18(9-11)21(19,20)15-4-2-3-12-8-17-6-5-14(12)15/h2-6,8,11,13H,7,9-10,16H2,1H3. The van der Waals surface area contributed by atoms with Crippen LogP contribution in [0.1, 0.15) is 13.3 Å². The molecule has 0 aliphatic carbocycles. The van der Waals surface area contributed by atoms with Crippen molar-refractivity contribution in [2.75, 3.05) is 13.1 Å². The second-order valence-electron chi connectivity index (χ2n) is 5.78. The summed E-state index contributed by atoms with van der Waals surface area (Å²) in [5.74, 6) is 0.278. The highest BCUT2D eigenvalue weighted by Crippen LogP contribution is 2.28. The first-order valence-corrected chi connectivity index (χ1v) is 8.51. The summed E-state index contributed by atoms with van der Waals surface area (Å²) >= 11 is 0. The van der Waals surface area contributed by atoms with Gasteiger partial charge in [0.25, 0.3) is 0 Å². The molecule has 2 atom stereocenters. The van der Waals surface area contributed by atoms with Crippen LogP contribution in [0.3, 0.4) is 0 Å². The zero-order valence-electron chi connectivity index (χ0n) is 11.9. The molecule has 1 aromatic carbocycles. The van der Waals surface area contributed by atoms with Gasteiger partial charge in [0, 0.05) is 42.3 Å². The third kappa shape index (κ3) is 2.66. The second kappa shape index (κ2) is 5.36. The van der Waals surface area contributed by atoms with Crippen LogP contribution < -0.4 is 5.73 Å². The number of hydrogen-bond donors (Lipinski definition) is 1. The quantitative estimate of drug-likeness (QED) is 0.914. The molecule has 21 heavy (non-hydrogen) atoms. The van der Waals surface area contributed by atoms with Crippen molar-refractivity contribution in [3.63, 3.8) is 0 Å². The lowest BCUT2D eigenvalue weighted by molar-refractivity contribution is 0.254. The van der Waals surface area contributed by atoms with Crippen molar-refractivity contribution in [1.29, 1.82) is 0 Å². The summed E-state index contributed by atoms with van der Waals surface area (Å²) in [6.07, 6.45) is 4.16. The van der Waals surface area contributed by atoms with Crippen molar-refractivity contribution >= 4 is 20.8 Å². The van der Waals surface area contributed by atoms with Crippen LogP contribution in [0.25, 0.3) is 10.8 Å². The average molecular weight is 305 g/mol. The Morgan fingerprint density at radius 1 is 1.29 bits per heavy atom. The van der Waals surface area contributed by atoms with Crippen LogP contribution in [0, 0.1) is 5.92 Å². The van der Waals surface area contributed by atoms with Gasteiger partial charge in [-0.2, -0.15) is 4.31 Å². The van der Waals surface area contributed by atoms with Crippen molar-refractivity contribution in [3.05, 3.63) is 36.7 Å². The molecule has 0 amide bonds. The fourth-order valence-corrected chi connectivity index (χ4v) is 4.83. The molecule has 0 bridgehead atoms. The highest BCUT2D eigenvalue weighted by molar-refractivity contribution is 7.89. The summed E-state index contributed by atoms with van der Waals surface area (Å²) in [5.41, 5.74) is 5.99. The SMILES string of the molecule is CC1CC(N)CN(S(=O)(=O)c2cccc3cnccc23)C1.